The number of hydrogen-bond donors (Lipinski definition) is 0. The van der Waals surface area contributed by atoms with Crippen LogP contribution in [-0.2, 0) is 6.54 Å². The number of carbonyl (C=O) groups excluding carboxylic acids is 1. The van der Waals surface area contributed by atoms with E-state index in [1.807, 2.05) is 6.92 Å². The van der Waals surface area contributed by atoms with Crippen LogP contribution >= 0.6 is 23.2 Å². The van der Waals surface area contributed by atoms with Crippen LogP contribution in [0.3, 0.4) is 0 Å². The highest BCUT2D eigenvalue weighted by atomic mass is 35.5. The normalized spacial score (nSPS) is 10.5. The molecule has 0 N–H and O–H groups in total. The number of Topliss-reactive ketones (excluding diaryl/α,β-unsaturated/α-hetero) is 1. The lowest BCUT2D eigenvalue weighted by molar-refractivity contribution is 0.101. The molecule has 1 aromatic heterocycles. The van der Waals surface area contributed by atoms with Crippen LogP contribution < -0.4 is 10.3 Å². The fourth-order valence-electron chi connectivity index (χ4n) is 1.94. The maximum Gasteiger partial charge on any atom is 0.287 e. The van der Waals surface area contributed by atoms with E-state index in [1.165, 1.54) is 17.8 Å². The van der Waals surface area contributed by atoms with Crippen molar-refractivity contribution in [3.63, 3.8) is 0 Å². The molecule has 5 nitrogen and oxygen atoms in total. The standard InChI is InChI=1S/C15H14Cl2N2O3/c1-3-22-13-5-4-10(9(2)20)6-11(13)8-19-15(21)14(17)12(16)7-18-19/h4-7H,3,8H2,1-2H3. The van der Waals surface area contributed by atoms with Crippen molar-refractivity contribution in [3.05, 3.63) is 55.9 Å². The summed E-state index contributed by atoms with van der Waals surface area (Å²) in [5, 5.41) is 3.97. The van der Waals surface area contributed by atoms with Gasteiger partial charge in [-0.3, -0.25) is 9.59 Å². The lowest BCUT2D eigenvalue weighted by Crippen LogP contribution is -2.24. The van der Waals surface area contributed by atoms with Crippen LogP contribution in [0.5, 0.6) is 5.75 Å². The van der Waals surface area contributed by atoms with Gasteiger partial charge in [0.1, 0.15) is 10.8 Å². The average molecular weight is 341 g/mol. The van der Waals surface area contributed by atoms with Gasteiger partial charge >= 0.3 is 0 Å². The highest BCUT2D eigenvalue weighted by Crippen LogP contribution is 2.22. The smallest absolute Gasteiger partial charge is 0.287 e. The third-order valence-electron chi connectivity index (χ3n) is 3.03. The third kappa shape index (κ3) is 3.48. The molecular formula is C15H14Cl2N2O3. The number of ketones is 1. The number of halogens is 2. The van der Waals surface area contributed by atoms with E-state index in [0.717, 1.165) is 0 Å². The van der Waals surface area contributed by atoms with Crippen molar-refractivity contribution in [2.45, 2.75) is 20.4 Å². The molecule has 0 fully saturated rings. The summed E-state index contributed by atoms with van der Waals surface area (Å²) in [6.07, 6.45) is 1.31. The minimum absolute atomic E-state index is 0.0706. The number of ether oxygens (including phenoxy) is 1. The average Bonchev–Trinajstić information content (AvgIpc) is 2.49. The van der Waals surface area contributed by atoms with E-state index in [4.69, 9.17) is 27.9 Å². The van der Waals surface area contributed by atoms with Crippen molar-refractivity contribution in [3.8, 4) is 5.75 Å². The minimum atomic E-state index is -0.496. The Morgan fingerprint density at radius 2 is 2.09 bits per heavy atom. The molecular weight excluding hydrogens is 327 g/mol. The number of nitrogens with zero attached hydrogens (tertiary/aromatic N) is 2. The van der Waals surface area contributed by atoms with E-state index in [2.05, 4.69) is 5.10 Å². The molecule has 0 aliphatic heterocycles. The van der Waals surface area contributed by atoms with Gasteiger partial charge in [-0.05, 0) is 32.0 Å². The summed E-state index contributed by atoms with van der Waals surface area (Å²) in [6, 6.07) is 5.07. The van der Waals surface area contributed by atoms with Gasteiger partial charge in [0.2, 0.25) is 0 Å². The van der Waals surface area contributed by atoms with Crippen LogP contribution in [0.15, 0.2) is 29.2 Å². The summed E-state index contributed by atoms with van der Waals surface area (Å²) in [5.74, 6) is 0.519. The summed E-state index contributed by atoms with van der Waals surface area (Å²) in [7, 11) is 0. The van der Waals surface area contributed by atoms with Crippen LogP contribution in [0.25, 0.3) is 0 Å². The molecule has 7 heteroatoms. The molecule has 0 atom stereocenters. The second kappa shape index (κ2) is 6.94. The first-order valence-electron chi connectivity index (χ1n) is 6.61. The number of hydrogen-bond acceptors (Lipinski definition) is 4. The molecule has 0 unspecified atom stereocenters. The van der Waals surface area contributed by atoms with Gasteiger partial charge < -0.3 is 4.74 Å². The Hall–Kier alpha value is -1.85. The third-order valence-corrected chi connectivity index (χ3v) is 3.78. The summed E-state index contributed by atoms with van der Waals surface area (Å²) >= 11 is 11.6. The number of carbonyl (C=O) groups is 1. The van der Waals surface area contributed by atoms with Crippen molar-refractivity contribution >= 4 is 29.0 Å². The Balaban J connectivity index is 2.47. The summed E-state index contributed by atoms with van der Waals surface area (Å²) in [6.45, 7) is 3.93. The molecule has 2 aromatic rings. The van der Waals surface area contributed by atoms with Crippen LogP contribution in [0.2, 0.25) is 10.0 Å². The quantitative estimate of drug-likeness (QED) is 0.784. The van der Waals surface area contributed by atoms with Crippen LogP contribution in [0.1, 0.15) is 29.8 Å². The molecule has 0 radical (unpaired) electrons. The Morgan fingerprint density at radius 3 is 2.73 bits per heavy atom. The van der Waals surface area contributed by atoms with Gasteiger partial charge in [-0.2, -0.15) is 5.10 Å². The van der Waals surface area contributed by atoms with Crippen molar-refractivity contribution in [1.29, 1.82) is 0 Å². The summed E-state index contributed by atoms with van der Waals surface area (Å²) in [4.78, 5) is 23.6. The van der Waals surface area contributed by atoms with Gasteiger partial charge in [-0.15, -0.1) is 0 Å². The minimum Gasteiger partial charge on any atom is -0.494 e. The number of benzene rings is 1. The van der Waals surface area contributed by atoms with Gasteiger partial charge in [0, 0.05) is 11.1 Å². The van der Waals surface area contributed by atoms with Crippen LogP contribution in [0.4, 0.5) is 0 Å². The van der Waals surface area contributed by atoms with Gasteiger partial charge in [-0.1, -0.05) is 23.2 Å². The summed E-state index contributed by atoms with van der Waals surface area (Å²) in [5.41, 5.74) is 0.707. The van der Waals surface area contributed by atoms with E-state index in [9.17, 15) is 9.59 Å². The lowest BCUT2D eigenvalue weighted by Gasteiger charge is -2.12. The molecule has 1 heterocycles. The predicted octanol–water partition coefficient (Wildman–Crippen LogP) is 3.20. The fourth-order valence-corrected chi connectivity index (χ4v) is 2.21. The van der Waals surface area contributed by atoms with E-state index in [-0.39, 0.29) is 22.4 Å². The first-order valence-corrected chi connectivity index (χ1v) is 7.37. The van der Waals surface area contributed by atoms with Gasteiger partial charge in [0.05, 0.1) is 24.4 Å². The molecule has 0 amide bonds. The van der Waals surface area contributed by atoms with Gasteiger partial charge in [0.15, 0.2) is 5.78 Å². The van der Waals surface area contributed by atoms with Crippen LogP contribution in [-0.4, -0.2) is 22.2 Å². The molecule has 116 valence electrons. The van der Waals surface area contributed by atoms with Crippen molar-refractivity contribution in [2.24, 2.45) is 0 Å². The Kier molecular flexibility index (Phi) is 5.21. The maximum atomic E-state index is 12.1. The zero-order valence-corrected chi connectivity index (χ0v) is 13.6. The second-order valence-corrected chi connectivity index (χ2v) is 5.37. The second-order valence-electron chi connectivity index (χ2n) is 4.58. The molecule has 1 aromatic carbocycles. The maximum absolute atomic E-state index is 12.1. The molecule has 22 heavy (non-hydrogen) atoms. The lowest BCUT2D eigenvalue weighted by atomic mass is 10.1. The molecule has 0 aliphatic carbocycles. The first-order chi connectivity index (χ1) is 10.4. The zero-order chi connectivity index (χ0) is 16.3. The SMILES string of the molecule is CCOc1ccc(C(C)=O)cc1Cn1ncc(Cl)c(Cl)c1=O. The summed E-state index contributed by atoms with van der Waals surface area (Å²) < 4.78 is 6.70. The Bertz CT molecular complexity index is 772. The van der Waals surface area contributed by atoms with Crippen molar-refractivity contribution < 1.29 is 9.53 Å². The van der Waals surface area contributed by atoms with E-state index in [1.54, 1.807) is 18.2 Å². The first kappa shape index (κ1) is 16.5. The van der Waals surface area contributed by atoms with Crippen molar-refractivity contribution in [1.82, 2.24) is 9.78 Å². The highest BCUT2D eigenvalue weighted by molar-refractivity contribution is 6.41. The Labute approximate surface area is 137 Å². The molecule has 2 rings (SSSR count). The van der Waals surface area contributed by atoms with E-state index in [0.29, 0.717) is 23.5 Å². The fraction of sp³-hybridized carbons (Fsp3) is 0.267. The van der Waals surface area contributed by atoms with Crippen molar-refractivity contribution in [2.75, 3.05) is 6.61 Å². The zero-order valence-electron chi connectivity index (χ0n) is 12.1. The monoisotopic (exact) mass is 340 g/mol. The molecule has 0 saturated carbocycles. The highest BCUT2D eigenvalue weighted by Gasteiger charge is 2.12. The molecule has 0 bridgehead atoms. The molecule has 0 saturated heterocycles. The van der Waals surface area contributed by atoms with Crippen LogP contribution in [0, 0.1) is 0 Å². The number of aromatic nitrogens is 2. The van der Waals surface area contributed by atoms with Gasteiger partial charge in [-0.25, -0.2) is 4.68 Å². The van der Waals surface area contributed by atoms with E-state index < -0.39 is 5.56 Å². The predicted molar refractivity (Wildman–Crippen MR) is 85.2 cm³/mol. The van der Waals surface area contributed by atoms with E-state index >= 15 is 0 Å². The Morgan fingerprint density at radius 1 is 1.36 bits per heavy atom. The topological polar surface area (TPSA) is 61.2 Å². The largest absolute Gasteiger partial charge is 0.494 e. The van der Waals surface area contributed by atoms with Gasteiger partial charge in [0.25, 0.3) is 5.56 Å². The molecule has 0 spiro atoms. The molecule has 0 aliphatic rings. The number of rotatable bonds is 5.